The molecule has 2 heterocycles. The van der Waals surface area contributed by atoms with Crippen LogP contribution in [0.1, 0.15) is 25.5 Å². The normalized spacial score (nSPS) is 13.4. The fraction of sp³-hybridized carbons (Fsp3) is 0.278. The zero-order valence-corrected chi connectivity index (χ0v) is 14.8. The van der Waals surface area contributed by atoms with Crippen molar-refractivity contribution < 1.29 is 13.6 Å². The molecule has 3 aromatic rings. The summed E-state index contributed by atoms with van der Waals surface area (Å²) in [4.78, 5) is 16.3. The van der Waals surface area contributed by atoms with E-state index < -0.39 is 18.5 Å². The number of H-pyrrole nitrogens is 1. The van der Waals surface area contributed by atoms with Crippen LogP contribution in [0.15, 0.2) is 42.6 Å². The first-order valence-corrected chi connectivity index (χ1v) is 8.45. The van der Waals surface area contributed by atoms with Crippen LogP contribution in [-0.4, -0.2) is 33.7 Å². The topological polar surface area (TPSA) is 94.7 Å². The van der Waals surface area contributed by atoms with E-state index in [0.29, 0.717) is 22.5 Å². The molecule has 2 aromatic heterocycles. The Bertz CT molecular complexity index is 915. The molecule has 3 rings (SSSR count). The summed E-state index contributed by atoms with van der Waals surface area (Å²) in [7, 11) is 0. The molecular formula is C18H20F2N6O. The van der Waals surface area contributed by atoms with Gasteiger partial charge in [0.1, 0.15) is 5.82 Å². The van der Waals surface area contributed by atoms with E-state index in [9.17, 15) is 13.6 Å². The number of benzene rings is 1. The molecule has 27 heavy (non-hydrogen) atoms. The van der Waals surface area contributed by atoms with Gasteiger partial charge in [-0.05, 0) is 19.4 Å². The molecule has 0 spiro atoms. The number of amides is 2. The van der Waals surface area contributed by atoms with Crippen LogP contribution in [-0.2, 0) is 0 Å². The molecule has 7 nitrogen and oxygen atoms in total. The van der Waals surface area contributed by atoms with Crippen LogP contribution in [0, 0.1) is 0 Å². The van der Waals surface area contributed by atoms with E-state index in [2.05, 4.69) is 31.1 Å². The lowest BCUT2D eigenvalue weighted by atomic mass is 10.1. The highest BCUT2D eigenvalue weighted by Gasteiger charge is 2.17. The van der Waals surface area contributed by atoms with E-state index in [-0.39, 0.29) is 6.04 Å². The molecule has 0 bridgehead atoms. The van der Waals surface area contributed by atoms with Gasteiger partial charge in [-0.3, -0.25) is 10.4 Å². The molecule has 0 aliphatic carbocycles. The van der Waals surface area contributed by atoms with Gasteiger partial charge in [-0.15, -0.1) is 0 Å². The first-order valence-electron chi connectivity index (χ1n) is 8.45. The van der Waals surface area contributed by atoms with Crippen molar-refractivity contribution in [3.63, 3.8) is 0 Å². The standard InChI is InChI=1S/C18H20F2N6O/c1-10(12-6-4-3-5-7-12)23-18(27)24-15-8-14-13(9-21-15)17(26-25-14)22-11(2)16(19)20/h3-11,16H,1-2H3,(H2,22,25,26)(H2,21,23,24,27). The summed E-state index contributed by atoms with van der Waals surface area (Å²) < 4.78 is 25.4. The first-order chi connectivity index (χ1) is 12.9. The molecule has 4 N–H and O–H groups in total. The summed E-state index contributed by atoms with van der Waals surface area (Å²) in [5, 5.41) is 15.4. The highest BCUT2D eigenvalue weighted by Crippen LogP contribution is 2.23. The number of anilines is 2. The van der Waals surface area contributed by atoms with Gasteiger partial charge in [0.15, 0.2) is 5.82 Å². The second kappa shape index (κ2) is 7.98. The van der Waals surface area contributed by atoms with Crippen molar-refractivity contribution in [2.45, 2.75) is 32.4 Å². The fourth-order valence-electron chi connectivity index (χ4n) is 2.54. The maximum absolute atomic E-state index is 12.7. The van der Waals surface area contributed by atoms with Crippen molar-refractivity contribution >= 4 is 28.6 Å². The largest absolute Gasteiger partial charge is 0.360 e. The SMILES string of the molecule is CC(NC(=O)Nc1cc2[nH]nc(NC(C)C(F)F)c2cn1)c1ccccc1. The van der Waals surface area contributed by atoms with Gasteiger partial charge in [0.25, 0.3) is 6.43 Å². The number of hydrogen-bond acceptors (Lipinski definition) is 4. The molecule has 142 valence electrons. The van der Waals surface area contributed by atoms with Gasteiger partial charge in [-0.25, -0.2) is 18.6 Å². The highest BCUT2D eigenvalue weighted by atomic mass is 19.3. The number of halogens is 2. The quantitative estimate of drug-likeness (QED) is 0.526. The minimum Gasteiger partial charge on any atom is -0.360 e. The van der Waals surface area contributed by atoms with Crippen LogP contribution >= 0.6 is 0 Å². The first kappa shape index (κ1) is 18.6. The predicted octanol–water partition coefficient (Wildman–Crippen LogP) is 3.91. The number of aromatic nitrogens is 3. The van der Waals surface area contributed by atoms with Crippen molar-refractivity contribution in [3.8, 4) is 0 Å². The van der Waals surface area contributed by atoms with Crippen molar-refractivity contribution in [3.05, 3.63) is 48.2 Å². The number of nitrogens with zero attached hydrogens (tertiary/aromatic N) is 2. The number of carbonyl (C=O) groups excluding carboxylic acids is 1. The van der Waals surface area contributed by atoms with Gasteiger partial charge in [0.05, 0.1) is 23.0 Å². The van der Waals surface area contributed by atoms with Gasteiger partial charge in [-0.1, -0.05) is 30.3 Å². The van der Waals surface area contributed by atoms with E-state index in [1.165, 1.54) is 13.1 Å². The number of rotatable bonds is 6. The molecule has 0 aliphatic heterocycles. The number of nitrogens with one attached hydrogen (secondary N) is 4. The Morgan fingerprint density at radius 3 is 2.63 bits per heavy atom. The second-order valence-electron chi connectivity index (χ2n) is 6.19. The van der Waals surface area contributed by atoms with Crippen LogP contribution in [0.5, 0.6) is 0 Å². The lowest BCUT2D eigenvalue weighted by Gasteiger charge is -2.14. The molecule has 0 radical (unpaired) electrons. The van der Waals surface area contributed by atoms with E-state index in [1.807, 2.05) is 37.3 Å². The third kappa shape index (κ3) is 4.49. The fourth-order valence-corrected chi connectivity index (χ4v) is 2.54. The Kier molecular flexibility index (Phi) is 5.49. The Morgan fingerprint density at radius 2 is 1.93 bits per heavy atom. The smallest absolute Gasteiger partial charge is 0.320 e. The van der Waals surface area contributed by atoms with Gasteiger partial charge in [0, 0.05) is 12.3 Å². The summed E-state index contributed by atoms with van der Waals surface area (Å²) >= 11 is 0. The van der Waals surface area contributed by atoms with E-state index in [4.69, 9.17) is 0 Å². The number of hydrogen-bond donors (Lipinski definition) is 4. The number of alkyl halides is 2. The molecule has 0 saturated carbocycles. The van der Waals surface area contributed by atoms with Gasteiger partial charge >= 0.3 is 6.03 Å². The lowest BCUT2D eigenvalue weighted by molar-refractivity contribution is 0.130. The maximum Gasteiger partial charge on any atom is 0.320 e. The summed E-state index contributed by atoms with van der Waals surface area (Å²) in [5.74, 6) is 0.608. The summed E-state index contributed by atoms with van der Waals surface area (Å²) in [6.45, 7) is 3.25. The van der Waals surface area contributed by atoms with Gasteiger partial charge in [0.2, 0.25) is 0 Å². The van der Waals surface area contributed by atoms with Crippen LogP contribution in [0.25, 0.3) is 10.9 Å². The Morgan fingerprint density at radius 1 is 1.19 bits per heavy atom. The van der Waals surface area contributed by atoms with Crippen LogP contribution < -0.4 is 16.0 Å². The lowest BCUT2D eigenvalue weighted by Crippen LogP contribution is -2.31. The average Bonchev–Trinajstić information content (AvgIpc) is 3.04. The van der Waals surface area contributed by atoms with Crippen LogP contribution in [0.2, 0.25) is 0 Å². The number of aromatic amines is 1. The monoisotopic (exact) mass is 374 g/mol. The third-order valence-electron chi connectivity index (χ3n) is 4.08. The number of fused-ring (bicyclic) bond motifs is 1. The Labute approximate surface area is 154 Å². The average molecular weight is 374 g/mol. The molecule has 9 heteroatoms. The molecule has 0 fully saturated rings. The zero-order chi connectivity index (χ0) is 19.4. The van der Waals surface area contributed by atoms with Gasteiger partial charge in [-0.2, -0.15) is 5.10 Å². The number of carbonyl (C=O) groups is 1. The van der Waals surface area contributed by atoms with Crippen molar-refractivity contribution in [2.24, 2.45) is 0 Å². The van der Waals surface area contributed by atoms with E-state index in [1.54, 1.807) is 6.07 Å². The zero-order valence-electron chi connectivity index (χ0n) is 14.8. The summed E-state index contributed by atoms with van der Waals surface area (Å²) in [5.41, 5.74) is 1.55. The van der Waals surface area contributed by atoms with E-state index >= 15 is 0 Å². The van der Waals surface area contributed by atoms with Crippen molar-refractivity contribution in [1.82, 2.24) is 20.5 Å². The van der Waals surface area contributed by atoms with E-state index in [0.717, 1.165) is 5.56 Å². The molecule has 1 aromatic carbocycles. The van der Waals surface area contributed by atoms with Crippen LogP contribution in [0.3, 0.4) is 0 Å². The Hall–Kier alpha value is -3.23. The Balaban J connectivity index is 1.66. The highest BCUT2D eigenvalue weighted by molar-refractivity contribution is 5.94. The summed E-state index contributed by atoms with van der Waals surface area (Å²) in [6, 6.07) is 9.54. The van der Waals surface area contributed by atoms with Crippen molar-refractivity contribution in [2.75, 3.05) is 10.6 Å². The molecule has 2 amide bonds. The second-order valence-corrected chi connectivity index (χ2v) is 6.19. The number of pyridine rings is 1. The molecule has 0 aliphatic rings. The van der Waals surface area contributed by atoms with Crippen molar-refractivity contribution in [1.29, 1.82) is 0 Å². The van der Waals surface area contributed by atoms with Crippen LogP contribution in [0.4, 0.5) is 25.2 Å². The molecule has 0 saturated heterocycles. The third-order valence-corrected chi connectivity index (χ3v) is 4.08. The molecule has 2 atom stereocenters. The molecule has 2 unspecified atom stereocenters. The van der Waals surface area contributed by atoms with Gasteiger partial charge < -0.3 is 10.6 Å². The predicted molar refractivity (Wildman–Crippen MR) is 100.0 cm³/mol. The number of urea groups is 1. The minimum absolute atomic E-state index is 0.172. The summed E-state index contributed by atoms with van der Waals surface area (Å²) in [6.07, 6.45) is -1.05. The minimum atomic E-state index is -2.51. The maximum atomic E-state index is 12.7. The molecular weight excluding hydrogens is 354 g/mol.